The Morgan fingerprint density at radius 3 is 2.53 bits per heavy atom. The third-order valence-electron chi connectivity index (χ3n) is 6.34. The van der Waals surface area contributed by atoms with Gasteiger partial charge in [-0.2, -0.15) is 5.10 Å². The van der Waals surface area contributed by atoms with Crippen LogP contribution in [0.4, 0.5) is 17.2 Å². The van der Waals surface area contributed by atoms with Gasteiger partial charge in [0.05, 0.1) is 22.3 Å². The van der Waals surface area contributed by atoms with E-state index in [9.17, 15) is 0 Å². The monoisotopic (exact) mass is 406 g/mol. The predicted octanol–water partition coefficient (Wildman–Crippen LogP) is 2.70. The number of hydrogen-bond donors (Lipinski definition) is 3. The Morgan fingerprint density at radius 2 is 1.80 bits per heavy atom. The van der Waals surface area contributed by atoms with E-state index in [4.69, 9.17) is 21.3 Å². The highest BCUT2D eigenvalue weighted by atomic mass is 16.5. The zero-order valence-corrected chi connectivity index (χ0v) is 17.3. The van der Waals surface area contributed by atoms with E-state index in [-0.39, 0.29) is 0 Å². The van der Waals surface area contributed by atoms with Gasteiger partial charge >= 0.3 is 0 Å². The van der Waals surface area contributed by atoms with Crippen LogP contribution in [0.15, 0.2) is 36.4 Å². The number of rotatable bonds is 4. The fourth-order valence-electron chi connectivity index (χ4n) is 4.80. The summed E-state index contributed by atoms with van der Waals surface area (Å²) in [5, 5.41) is 9.20. The van der Waals surface area contributed by atoms with E-state index >= 15 is 0 Å². The van der Waals surface area contributed by atoms with Crippen LogP contribution in [0, 0.1) is 5.92 Å². The number of piperazine rings is 1. The molecule has 0 amide bonds. The van der Waals surface area contributed by atoms with Crippen LogP contribution in [0.5, 0.6) is 0 Å². The summed E-state index contributed by atoms with van der Waals surface area (Å²) >= 11 is 0. The van der Waals surface area contributed by atoms with Crippen molar-refractivity contribution < 1.29 is 4.74 Å². The minimum absolute atomic E-state index is 0.551. The van der Waals surface area contributed by atoms with Crippen molar-refractivity contribution in [2.45, 2.75) is 19.4 Å². The summed E-state index contributed by atoms with van der Waals surface area (Å²) in [4.78, 5) is 2.38. The fraction of sp³-hybridized carbons (Fsp3) is 0.435. The molecule has 2 aliphatic rings. The second-order valence-corrected chi connectivity index (χ2v) is 8.31. The van der Waals surface area contributed by atoms with Crippen molar-refractivity contribution in [1.29, 1.82) is 0 Å². The second-order valence-electron chi connectivity index (χ2n) is 8.31. The van der Waals surface area contributed by atoms with E-state index in [0.717, 1.165) is 92.2 Å². The first kappa shape index (κ1) is 19.2. The lowest BCUT2D eigenvalue weighted by Gasteiger charge is -2.32. The SMILES string of the molecule is Nc1cc2c(c(N)nn2CC2CCOCC2)c(-c2ccccc2)c1N1CCNCC1. The quantitative estimate of drug-likeness (QED) is 0.577. The summed E-state index contributed by atoms with van der Waals surface area (Å²) in [5.41, 5.74) is 18.4. The van der Waals surface area contributed by atoms with Gasteiger partial charge in [-0.05, 0) is 30.4 Å². The second kappa shape index (κ2) is 8.16. The first-order valence-corrected chi connectivity index (χ1v) is 10.9. The Bertz CT molecular complexity index is 1020. The van der Waals surface area contributed by atoms with Crippen molar-refractivity contribution in [1.82, 2.24) is 15.1 Å². The number of hydrogen-bond acceptors (Lipinski definition) is 6. The summed E-state index contributed by atoms with van der Waals surface area (Å²) in [5.74, 6) is 1.13. The molecule has 0 saturated carbocycles. The first-order valence-electron chi connectivity index (χ1n) is 10.9. The minimum Gasteiger partial charge on any atom is -0.397 e. The van der Waals surface area contributed by atoms with Crippen molar-refractivity contribution in [3.8, 4) is 11.1 Å². The van der Waals surface area contributed by atoms with Crippen LogP contribution in [0.3, 0.4) is 0 Å². The van der Waals surface area contributed by atoms with Crippen LogP contribution < -0.4 is 21.7 Å². The van der Waals surface area contributed by atoms with Crippen molar-refractivity contribution in [2.24, 2.45) is 5.92 Å². The molecular formula is C23H30N6O. The normalized spacial score (nSPS) is 18.2. The Hall–Kier alpha value is -2.77. The Balaban J connectivity index is 1.68. The fourth-order valence-corrected chi connectivity index (χ4v) is 4.80. The molecule has 2 aromatic carbocycles. The van der Waals surface area contributed by atoms with E-state index in [1.54, 1.807) is 0 Å². The molecule has 30 heavy (non-hydrogen) atoms. The zero-order chi connectivity index (χ0) is 20.5. The smallest absolute Gasteiger partial charge is 0.154 e. The van der Waals surface area contributed by atoms with Crippen LogP contribution in [0.25, 0.3) is 22.0 Å². The van der Waals surface area contributed by atoms with Crippen LogP contribution in [-0.2, 0) is 11.3 Å². The number of fused-ring (bicyclic) bond motifs is 1. The lowest BCUT2D eigenvalue weighted by Crippen LogP contribution is -2.44. The number of ether oxygens (including phenoxy) is 1. The first-order chi connectivity index (χ1) is 14.7. The van der Waals surface area contributed by atoms with Gasteiger partial charge in [-0.25, -0.2) is 0 Å². The van der Waals surface area contributed by atoms with Crippen molar-refractivity contribution in [3.63, 3.8) is 0 Å². The summed E-state index contributed by atoms with van der Waals surface area (Å²) in [7, 11) is 0. The van der Waals surface area contributed by atoms with Crippen molar-refractivity contribution >= 4 is 28.1 Å². The zero-order valence-electron chi connectivity index (χ0n) is 17.3. The van der Waals surface area contributed by atoms with Gasteiger partial charge in [-0.3, -0.25) is 4.68 Å². The maximum absolute atomic E-state index is 6.70. The summed E-state index contributed by atoms with van der Waals surface area (Å²) in [6, 6.07) is 12.5. The average molecular weight is 407 g/mol. The highest BCUT2D eigenvalue weighted by Gasteiger charge is 2.25. The summed E-state index contributed by atoms with van der Waals surface area (Å²) in [6.07, 6.45) is 2.11. The van der Waals surface area contributed by atoms with E-state index in [1.807, 2.05) is 6.07 Å². The molecule has 0 aliphatic carbocycles. The lowest BCUT2D eigenvalue weighted by atomic mass is 9.96. The molecule has 0 bridgehead atoms. The molecule has 158 valence electrons. The minimum atomic E-state index is 0.551. The topological polar surface area (TPSA) is 94.4 Å². The molecule has 2 saturated heterocycles. The van der Waals surface area contributed by atoms with Crippen LogP contribution in [-0.4, -0.2) is 49.2 Å². The summed E-state index contributed by atoms with van der Waals surface area (Å²) < 4.78 is 7.58. The molecule has 0 radical (unpaired) electrons. The largest absolute Gasteiger partial charge is 0.397 e. The highest BCUT2D eigenvalue weighted by Crippen LogP contribution is 2.44. The molecule has 3 heterocycles. The third kappa shape index (κ3) is 3.48. The van der Waals surface area contributed by atoms with E-state index in [2.05, 4.69) is 45.2 Å². The maximum Gasteiger partial charge on any atom is 0.154 e. The standard InChI is InChI=1S/C23H30N6O/c24-18-14-19-21(23(25)27-29(19)15-16-6-12-30-13-7-16)20(17-4-2-1-3-5-17)22(18)28-10-8-26-9-11-28/h1-5,14,16,26H,6-13,15,24H2,(H2,25,27). The molecule has 7 nitrogen and oxygen atoms in total. The van der Waals surface area contributed by atoms with Gasteiger partial charge in [0.15, 0.2) is 5.82 Å². The van der Waals surface area contributed by atoms with Crippen molar-refractivity contribution in [2.75, 3.05) is 55.8 Å². The molecule has 0 atom stereocenters. The number of nitrogen functional groups attached to an aromatic ring is 2. The predicted molar refractivity (Wildman–Crippen MR) is 123 cm³/mol. The Kier molecular flexibility index (Phi) is 5.23. The van der Waals surface area contributed by atoms with E-state index < -0.39 is 0 Å². The van der Waals surface area contributed by atoms with Gasteiger partial charge in [0.2, 0.25) is 0 Å². The molecular weight excluding hydrogens is 376 g/mol. The van der Waals surface area contributed by atoms with Crippen LogP contribution in [0.2, 0.25) is 0 Å². The average Bonchev–Trinajstić information content (AvgIpc) is 3.09. The summed E-state index contributed by atoms with van der Waals surface area (Å²) in [6.45, 7) is 6.23. The number of nitrogens with two attached hydrogens (primary N) is 2. The number of nitrogens with zero attached hydrogens (tertiary/aromatic N) is 3. The molecule has 2 aliphatic heterocycles. The van der Waals surface area contributed by atoms with Gasteiger partial charge in [-0.1, -0.05) is 30.3 Å². The van der Waals surface area contributed by atoms with E-state index in [1.165, 1.54) is 0 Å². The highest BCUT2D eigenvalue weighted by molar-refractivity contribution is 6.10. The molecule has 2 fully saturated rings. The number of anilines is 3. The van der Waals surface area contributed by atoms with Gasteiger partial charge in [0, 0.05) is 51.5 Å². The Labute approximate surface area is 177 Å². The van der Waals surface area contributed by atoms with Gasteiger partial charge in [0.1, 0.15) is 0 Å². The molecule has 0 unspecified atom stereocenters. The number of nitrogens with one attached hydrogen (secondary N) is 1. The van der Waals surface area contributed by atoms with Crippen LogP contribution >= 0.6 is 0 Å². The number of benzene rings is 2. The number of aromatic nitrogens is 2. The molecule has 7 heteroatoms. The van der Waals surface area contributed by atoms with Crippen LogP contribution in [0.1, 0.15) is 12.8 Å². The molecule has 5 rings (SSSR count). The molecule has 3 aromatic rings. The van der Waals surface area contributed by atoms with Crippen molar-refractivity contribution in [3.05, 3.63) is 36.4 Å². The lowest BCUT2D eigenvalue weighted by molar-refractivity contribution is 0.0606. The Morgan fingerprint density at radius 1 is 1.07 bits per heavy atom. The van der Waals surface area contributed by atoms with E-state index in [0.29, 0.717) is 11.7 Å². The molecule has 5 N–H and O–H groups in total. The van der Waals surface area contributed by atoms with Gasteiger partial charge in [0.25, 0.3) is 0 Å². The third-order valence-corrected chi connectivity index (χ3v) is 6.34. The van der Waals surface area contributed by atoms with Gasteiger partial charge < -0.3 is 26.4 Å². The maximum atomic E-state index is 6.70. The van der Waals surface area contributed by atoms with Gasteiger partial charge in [-0.15, -0.1) is 0 Å². The molecule has 0 spiro atoms. The molecule has 1 aromatic heterocycles.